The standard InChI is InChI=1S/C42H80O8P2.2Na/c1-31(25-39(5,6)7)17-19-35(33(3)27-41(11,12)13)29-47-51(43,44)49-37-21-23-38(24-22-37)50-52(45,46)48-30-36(34(4)28-42(14,15)16)20-18-32(2)26-40(8,9)10;;/h21-24,31-36H,17-20,25-30H2,1-16H3,(H,43,44)(H,45,46);;/q;2*+1/p-2. The van der Waals surface area contributed by atoms with Crippen molar-refractivity contribution in [1.82, 2.24) is 0 Å². The second kappa shape index (κ2) is 24.4. The van der Waals surface area contributed by atoms with Gasteiger partial charge in [0.25, 0.3) is 0 Å². The van der Waals surface area contributed by atoms with Gasteiger partial charge in [0.2, 0.25) is 0 Å². The summed E-state index contributed by atoms with van der Waals surface area (Å²) in [6.45, 7) is 35.5. The van der Waals surface area contributed by atoms with Crippen molar-refractivity contribution in [3.05, 3.63) is 24.3 Å². The molecule has 0 aliphatic carbocycles. The topological polar surface area (TPSA) is 117 Å². The first-order chi connectivity index (χ1) is 23.3. The molecule has 1 aromatic rings. The Morgan fingerprint density at radius 1 is 0.500 bits per heavy atom. The second-order valence-corrected chi connectivity index (χ2v) is 23.7. The number of phosphoric ester groups is 2. The number of hydrogen-bond donors (Lipinski definition) is 0. The Morgan fingerprint density at radius 3 is 1.00 bits per heavy atom. The van der Waals surface area contributed by atoms with Crippen LogP contribution in [0.25, 0.3) is 0 Å². The van der Waals surface area contributed by atoms with E-state index in [1.807, 2.05) is 0 Å². The molecule has 54 heavy (non-hydrogen) atoms. The Balaban J connectivity index is 0. The van der Waals surface area contributed by atoms with Crippen molar-refractivity contribution >= 4 is 15.6 Å². The first kappa shape index (κ1) is 57.2. The molecule has 0 aromatic heterocycles. The third-order valence-electron chi connectivity index (χ3n) is 9.61. The molecule has 8 unspecified atom stereocenters. The normalized spacial score (nSPS) is 18.4. The van der Waals surface area contributed by atoms with Crippen LogP contribution in [0.5, 0.6) is 11.5 Å². The summed E-state index contributed by atoms with van der Waals surface area (Å²) in [5.41, 5.74) is 0.674. The second-order valence-electron chi connectivity index (χ2n) is 21.0. The third kappa shape index (κ3) is 28.5. The van der Waals surface area contributed by atoms with Crippen molar-refractivity contribution < 1.29 is 96.1 Å². The Kier molecular flexibility index (Phi) is 25.8. The average Bonchev–Trinajstić information content (AvgIpc) is 2.89. The van der Waals surface area contributed by atoms with Crippen LogP contribution in [0.15, 0.2) is 24.3 Å². The molecule has 0 saturated carbocycles. The van der Waals surface area contributed by atoms with E-state index in [-0.39, 0.29) is 129 Å². The van der Waals surface area contributed by atoms with E-state index in [0.717, 1.165) is 51.4 Å². The van der Waals surface area contributed by atoms with Gasteiger partial charge in [-0.25, -0.2) is 0 Å². The van der Waals surface area contributed by atoms with Gasteiger partial charge < -0.3 is 27.9 Å². The van der Waals surface area contributed by atoms with Crippen LogP contribution >= 0.6 is 15.6 Å². The molecule has 8 atom stereocenters. The Bertz CT molecular complexity index is 1170. The first-order valence-electron chi connectivity index (χ1n) is 19.7. The molecule has 0 amide bonds. The monoisotopic (exact) mass is 818 g/mol. The van der Waals surface area contributed by atoms with E-state index >= 15 is 0 Å². The van der Waals surface area contributed by atoms with Crippen molar-refractivity contribution in [3.63, 3.8) is 0 Å². The molecule has 12 heteroatoms. The van der Waals surface area contributed by atoms with Gasteiger partial charge in [0.1, 0.15) is 11.5 Å². The summed E-state index contributed by atoms with van der Waals surface area (Å²) in [5.74, 6) is 1.67. The molecule has 0 bridgehead atoms. The average molecular weight is 819 g/mol. The summed E-state index contributed by atoms with van der Waals surface area (Å²) in [4.78, 5) is 25.9. The molecule has 0 radical (unpaired) electrons. The van der Waals surface area contributed by atoms with E-state index in [2.05, 4.69) is 111 Å². The first-order valence-corrected chi connectivity index (χ1v) is 22.7. The minimum Gasteiger partial charge on any atom is -0.746 e. The molecule has 0 saturated heterocycles. The largest absolute Gasteiger partial charge is 1.00 e. The van der Waals surface area contributed by atoms with Gasteiger partial charge in [-0.05, 0) is 120 Å². The summed E-state index contributed by atoms with van der Waals surface area (Å²) in [6.07, 6.45) is 7.80. The molecule has 0 heterocycles. The Hall–Kier alpha value is 1.12. The molecule has 1 rings (SSSR count). The number of rotatable bonds is 22. The Morgan fingerprint density at radius 2 is 0.759 bits per heavy atom. The number of benzene rings is 1. The number of phosphoric acid groups is 2. The van der Waals surface area contributed by atoms with Crippen molar-refractivity contribution in [2.24, 2.45) is 57.2 Å². The van der Waals surface area contributed by atoms with Crippen LogP contribution in [-0.4, -0.2) is 13.2 Å². The van der Waals surface area contributed by atoms with Gasteiger partial charge >= 0.3 is 74.8 Å². The molecule has 0 aliphatic heterocycles. The predicted octanol–water partition coefficient (Wildman–Crippen LogP) is 6.50. The predicted molar refractivity (Wildman–Crippen MR) is 213 cm³/mol. The molecular formula is C42H78Na2O8P2. The van der Waals surface area contributed by atoms with Crippen LogP contribution in [0.3, 0.4) is 0 Å². The van der Waals surface area contributed by atoms with Crippen LogP contribution in [0, 0.1) is 57.2 Å². The fraction of sp³-hybridized carbons (Fsp3) is 0.857. The van der Waals surface area contributed by atoms with Gasteiger partial charge in [-0.1, -0.05) is 124 Å². The maximum Gasteiger partial charge on any atom is 1.00 e. The summed E-state index contributed by atoms with van der Waals surface area (Å²) < 4.78 is 47.4. The van der Waals surface area contributed by atoms with Crippen LogP contribution in [0.2, 0.25) is 0 Å². The zero-order valence-corrected chi connectivity index (χ0v) is 43.8. The van der Waals surface area contributed by atoms with Gasteiger partial charge in [0.15, 0.2) is 0 Å². The van der Waals surface area contributed by atoms with Crippen LogP contribution < -0.4 is 77.9 Å². The Labute approximate surface area is 377 Å². The van der Waals surface area contributed by atoms with Crippen LogP contribution in [-0.2, 0) is 18.2 Å². The van der Waals surface area contributed by atoms with Gasteiger partial charge in [0, 0.05) is 0 Å². The van der Waals surface area contributed by atoms with E-state index < -0.39 is 15.6 Å². The zero-order valence-electron chi connectivity index (χ0n) is 38.0. The van der Waals surface area contributed by atoms with E-state index in [1.54, 1.807) is 0 Å². The molecule has 8 nitrogen and oxygen atoms in total. The van der Waals surface area contributed by atoms with Crippen molar-refractivity contribution in [3.8, 4) is 11.5 Å². The fourth-order valence-electron chi connectivity index (χ4n) is 7.87. The third-order valence-corrected chi connectivity index (χ3v) is 11.4. The van der Waals surface area contributed by atoms with Gasteiger partial charge in [-0.2, -0.15) is 0 Å². The van der Waals surface area contributed by atoms with Crippen molar-refractivity contribution in [1.29, 1.82) is 0 Å². The SMILES string of the molecule is CC(CCC(COP(=O)([O-])Oc1ccc(OP(=O)([O-])OCC(CCC(C)CC(C)(C)C)C(C)CC(C)(C)C)cc1)C(C)CC(C)(C)C)CC(C)(C)C.[Na+].[Na+]. The number of hydrogen-bond acceptors (Lipinski definition) is 8. The smallest absolute Gasteiger partial charge is 0.746 e. The van der Waals surface area contributed by atoms with E-state index in [4.69, 9.17) is 18.1 Å². The summed E-state index contributed by atoms with van der Waals surface area (Å²) >= 11 is 0. The van der Waals surface area contributed by atoms with Gasteiger partial charge in [-0.3, -0.25) is 9.13 Å². The van der Waals surface area contributed by atoms with E-state index in [0.29, 0.717) is 11.8 Å². The molecule has 1 aromatic carbocycles. The quantitative estimate of drug-likeness (QED) is 0.0962. The van der Waals surface area contributed by atoms with E-state index in [9.17, 15) is 18.9 Å². The molecule has 0 fully saturated rings. The van der Waals surface area contributed by atoms with E-state index in [1.165, 1.54) is 24.3 Å². The summed E-state index contributed by atoms with van der Waals surface area (Å²) in [5, 5.41) is 0. The fourth-order valence-corrected chi connectivity index (χ4v) is 9.48. The van der Waals surface area contributed by atoms with Crippen LogP contribution in [0.1, 0.15) is 162 Å². The van der Waals surface area contributed by atoms with Gasteiger partial charge in [0.05, 0.1) is 13.2 Å². The minimum absolute atomic E-state index is 0. The maximum atomic E-state index is 12.9. The van der Waals surface area contributed by atoms with Gasteiger partial charge in [-0.15, -0.1) is 0 Å². The minimum atomic E-state index is -4.70. The summed E-state index contributed by atoms with van der Waals surface area (Å²) in [6, 6.07) is 5.40. The maximum absolute atomic E-state index is 12.9. The molecule has 306 valence electrons. The summed E-state index contributed by atoms with van der Waals surface area (Å²) in [7, 11) is -9.40. The van der Waals surface area contributed by atoms with Crippen molar-refractivity contribution in [2.45, 2.75) is 162 Å². The van der Waals surface area contributed by atoms with Crippen molar-refractivity contribution in [2.75, 3.05) is 13.2 Å². The van der Waals surface area contributed by atoms with Crippen LogP contribution in [0.4, 0.5) is 0 Å². The zero-order chi connectivity index (χ0) is 40.3. The molecular weight excluding hydrogens is 740 g/mol. The molecule has 0 aliphatic rings. The molecule has 0 spiro atoms. The molecule has 0 N–H and O–H groups in total.